The number of sulfone groups is 1. The highest BCUT2D eigenvalue weighted by atomic mass is 35.5. The second kappa shape index (κ2) is 9.29. The van der Waals surface area contributed by atoms with Gasteiger partial charge >= 0.3 is 0 Å². The van der Waals surface area contributed by atoms with Crippen LogP contribution in [-0.2, 0) is 28.7 Å². The van der Waals surface area contributed by atoms with Gasteiger partial charge < -0.3 is 5.32 Å². The van der Waals surface area contributed by atoms with E-state index >= 15 is 0 Å². The van der Waals surface area contributed by atoms with E-state index in [9.17, 15) is 17.2 Å². The molecular formula is C23H24ClF2N3O2S2. The van der Waals surface area contributed by atoms with E-state index in [2.05, 4.69) is 29.0 Å². The largest absolute Gasteiger partial charge is 0.381 e. The molecule has 0 aliphatic carbocycles. The number of thiazole rings is 1. The molecule has 2 aromatic carbocycles. The molecule has 1 aromatic heterocycles. The second-order valence-corrected chi connectivity index (χ2v) is 11.8. The summed E-state index contributed by atoms with van der Waals surface area (Å²) in [5.41, 5.74) is 3.84. The SMILES string of the molecule is CC1(C)CCN1Cc1cccc(Cl)c1CNc1cc(F)c(S(=O)(=O)Cc2cscn2)c(F)c1. The van der Waals surface area contributed by atoms with Gasteiger partial charge in [0.1, 0.15) is 16.5 Å². The average Bonchev–Trinajstić information content (AvgIpc) is 3.22. The van der Waals surface area contributed by atoms with Crippen LogP contribution in [0.4, 0.5) is 14.5 Å². The molecule has 0 saturated carbocycles. The smallest absolute Gasteiger partial charge is 0.189 e. The number of rotatable bonds is 8. The monoisotopic (exact) mass is 511 g/mol. The first-order chi connectivity index (χ1) is 15.6. The van der Waals surface area contributed by atoms with Crippen LogP contribution in [0.2, 0.25) is 5.02 Å². The molecular weight excluding hydrogens is 488 g/mol. The van der Waals surface area contributed by atoms with E-state index in [0.717, 1.165) is 42.8 Å². The lowest BCUT2D eigenvalue weighted by Gasteiger charge is -2.48. The topological polar surface area (TPSA) is 62.3 Å². The summed E-state index contributed by atoms with van der Waals surface area (Å²) in [6.45, 7) is 6.34. The third-order valence-electron chi connectivity index (χ3n) is 6.03. The van der Waals surface area contributed by atoms with E-state index in [1.807, 2.05) is 12.1 Å². The molecule has 5 nitrogen and oxygen atoms in total. The summed E-state index contributed by atoms with van der Waals surface area (Å²) in [6, 6.07) is 7.64. The lowest BCUT2D eigenvalue weighted by atomic mass is 9.88. The molecule has 1 fully saturated rings. The van der Waals surface area contributed by atoms with Gasteiger partial charge in [-0.15, -0.1) is 11.3 Å². The first-order valence-corrected chi connectivity index (χ1v) is 13.4. The fourth-order valence-corrected chi connectivity index (χ4v) is 6.22. The highest BCUT2D eigenvalue weighted by Crippen LogP contribution is 2.33. The number of hydrogen-bond donors (Lipinski definition) is 1. The quantitative estimate of drug-likeness (QED) is 0.423. The molecule has 0 atom stereocenters. The van der Waals surface area contributed by atoms with Crippen LogP contribution in [0.15, 0.2) is 46.1 Å². The van der Waals surface area contributed by atoms with Crippen molar-refractivity contribution in [2.45, 2.75) is 49.5 Å². The van der Waals surface area contributed by atoms with Crippen LogP contribution in [0.5, 0.6) is 0 Å². The summed E-state index contributed by atoms with van der Waals surface area (Å²) in [7, 11) is -4.22. The molecule has 10 heteroatoms. The summed E-state index contributed by atoms with van der Waals surface area (Å²) in [6.07, 6.45) is 1.12. The normalized spacial score (nSPS) is 15.9. The van der Waals surface area contributed by atoms with Crippen molar-refractivity contribution in [3.63, 3.8) is 0 Å². The minimum atomic E-state index is -4.22. The highest BCUT2D eigenvalue weighted by Gasteiger charge is 2.35. The second-order valence-electron chi connectivity index (χ2n) is 8.72. The third-order valence-corrected chi connectivity index (χ3v) is 8.70. The van der Waals surface area contributed by atoms with Crippen molar-refractivity contribution in [3.8, 4) is 0 Å². The Morgan fingerprint density at radius 1 is 1.24 bits per heavy atom. The Kier molecular flexibility index (Phi) is 6.77. The van der Waals surface area contributed by atoms with Gasteiger partial charge in [-0.3, -0.25) is 4.90 Å². The summed E-state index contributed by atoms with van der Waals surface area (Å²) >= 11 is 7.65. The standard InChI is InChI=1S/C23H24ClF2N3O2S2/c1-23(2)6-7-29(23)11-15-4-3-5-19(24)18(15)10-27-16-8-20(25)22(21(26)9-16)33(30,31)13-17-12-32-14-28-17/h3-5,8-9,12,14,27H,6-7,10-11,13H2,1-2H3. The van der Waals surface area contributed by atoms with Gasteiger partial charge in [-0.1, -0.05) is 23.7 Å². The van der Waals surface area contributed by atoms with E-state index in [0.29, 0.717) is 5.02 Å². The molecule has 1 saturated heterocycles. The van der Waals surface area contributed by atoms with E-state index < -0.39 is 32.1 Å². The number of aromatic nitrogens is 1. The summed E-state index contributed by atoms with van der Waals surface area (Å²) < 4.78 is 54.5. The number of hydrogen-bond acceptors (Lipinski definition) is 6. The lowest BCUT2D eigenvalue weighted by Crippen LogP contribution is -2.55. The fraction of sp³-hybridized carbons (Fsp3) is 0.348. The Bertz CT molecular complexity index is 1240. The summed E-state index contributed by atoms with van der Waals surface area (Å²) in [5, 5.41) is 5.08. The number of likely N-dealkylation sites (tertiary alicyclic amines) is 1. The maximum absolute atomic E-state index is 14.7. The van der Waals surface area contributed by atoms with Gasteiger partial charge in [0.05, 0.1) is 17.0 Å². The van der Waals surface area contributed by atoms with Crippen molar-refractivity contribution < 1.29 is 17.2 Å². The molecule has 0 amide bonds. The maximum atomic E-state index is 14.7. The molecule has 2 heterocycles. The molecule has 3 aromatic rings. The molecule has 0 unspecified atom stereocenters. The highest BCUT2D eigenvalue weighted by molar-refractivity contribution is 7.90. The van der Waals surface area contributed by atoms with Gasteiger partial charge in [-0.25, -0.2) is 22.2 Å². The zero-order chi connectivity index (χ0) is 23.8. The molecule has 176 valence electrons. The molecule has 0 radical (unpaired) electrons. The predicted octanol–water partition coefficient (Wildman–Crippen LogP) is 5.65. The zero-order valence-corrected chi connectivity index (χ0v) is 20.6. The molecule has 33 heavy (non-hydrogen) atoms. The van der Waals surface area contributed by atoms with Crippen LogP contribution >= 0.6 is 22.9 Å². The first kappa shape index (κ1) is 24.1. The van der Waals surface area contributed by atoms with Crippen LogP contribution in [0.25, 0.3) is 0 Å². The third kappa shape index (κ3) is 5.21. The van der Waals surface area contributed by atoms with Crippen LogP contribution in [-0.4, -0.2) is 30.4 Å². The number of nitrogens with one attached hydrogen (secondary N) is 1. The first-order valence-electron chi connectivity index (χ1n) is 10.4. The van der Waals surface area contributed by atoms with Crippen LogP contribution < -0.4 is 5.32 Å². The van der Waals surface area contributed by atoms with Crippen LogP contribution in [0.3, 0.4) is 0 Å². The van der Waals surface area contributed by atoms with Crippen molar-refractivity contribution in [1.82, 2.24) is 9.88 Å². The van der Waals surface area contributed by atoms with Gasteiger partial charge in [-0.2, -0.15) is 0 Å². The minimum absolute atomic E-state index is 0.124. The molecule has 1 N–H and O–H groups in total. The van der Waals surface area contributed by atoms with Gasteiger partial charge in [0.15, 0.2) is 9.84 Å². The van der Waals surface area contributed by atoms with Crippen molar-refractivity contribution in [2.75, 3.05) is 11.9 Å². The maximum Gasteiger partial charge on any atom is 0.189 e. The van der Waals surface area contributed by atoms with Crippen molar-refractivity contribution in [2.24, 2.45) is 0 Å². The van der Waals surface area contributed by atoms with Crippen molar-refractivity contribution >= 4 is 38.5 Å². The zero-order valence-electron chi connectivity index (χ0n) is 18.2. The van der Waals surface area contributed by atoms with Crippen molar-refractivity contribution in [3.05, 3.63) is 74.7 Å². The summed E-state index contributed by atoms with van der Waals surface area (Å²) in [5.74, 6) is -2.85. The number of benzene rings is 2. The van der Waals surface area contributed by atoms with Crippen molar-refractivity contribution in [1.29, 1.82) is 0 Å². The van der Waals surface area contributed by atoms with E-state index in [4.69, 9.17) is 11.6 Å². The lowest BCUT2D eigenvalue weighted by molar-refractivity contribution is 0.00775. The van der Waals surface area contributed by atoms with Crippen LogP contribution in [0, 0.1) is 11.6 Å². The Morgan fingerprint density at radius 2 is 1.97 bits per heavy atom. The molecule has 4 rings (SSSR count). The van der Waals surface area contributed by atoms with Gasteiger partial charge in [0.2, 0.25) is 0 Å². The number of nitrogens with zero attached hydrogens (tertiary/aromatic N) is 2. The predicted molar refractivity (Wildman–Crippen MR) is 127 cm³/mol. The van der Waals surface area contributed by atoms with Gasteiger partial charge in [0.25, 0.3) is 0 Å². The minimum Gasteiger partial charge on any atom is -0.381 e. The molecule has 1 aliphatic rings. The molecule has 1 aliphatic heterocycles. The number of anilines is 1. The fourth-order valence-electron chi connectivity index (χ4n) is 3.89. The van der Waals surface area contributed by atoms with Gasteiger partial charge in [-0.05, 0) is 49.6 Å². The van der Waals surface area contributed by atoms with Crippen LogP contribution in [0.1, 0.15) is 37.1 Å². The molecule has 0 spiro atoms. The molecule has 0 bridgehead atoms. The Labute approximate surface area is 201 Å². The Hall–Kier alpha value is -2.07. The van der Waals surface area contributed by atoms with Gasteiger partial charge in [0, 0.05) is 41.3 Å². The number of halogens is 3. The average molecular weight is 512 g/mol. The van der Waals surface area contributed by atoms with E-state index in [-0.39, 0.29) is 23.5 Å². The van der Waals surface area contributed by atoms with E-state index in [1.165, 1.54) is 22.2 Å². The Balaban J connectivity index is 1.53. The summed E-state index contributed by atoms with van der Waals surface area (Å²) in [4.78, 5) is 5.29. The van der Waals surface area contributed by atoms with E-state index in [1.54, 1.807) is 6.07 Å². The Morgan fingerprint density at radius 3 is 2.55 bits per heavy atom.